The summed E-state index contributed by atoms with van der Waals surface area (Å²) in [4.78, 5) is 23.1. The maximum absolute atomic E-state index is 11.6. The topological polar surface area (TPSA) is 91.5 Å². The molecule has 140 valence electrons. The fourth-order valence-electron chi connectivity index (χ4n) is 2.03. The number of rotatable bonds is 8. The molecule has 0 aliphatic rings. The molecule has 2 rings (SSSR count). The molecule has 4 amide bonds. The Bertz CT molecular complexity index is 718. The van der Waals surface area contributed by atoms with Crippen molar-refractivity contribution in [3.05, 3.63) is 73.8 Å². The lowest BCUT2D eigenvalue weighted by molar-refractivity contribution is 0.252. The second-order valence-corrected chi connectivity index (χ2v) is 5.40. The standard InChI is InChI=1S/C20H22N4O3/c1-3-13-21-19(25)23-15-5-9-17(10-6-15)27-18-11-7-16(8-12-18)24-20(26)22-14-4-2/h3-12H,1-2,13-14H2,(H2,21,23,25)(H2,22,24,26). The van der Waals surface area contributed by atoms with Gasteiger partial charge in [-0.15, -0.1) is 13.2 Å². The minimum atomic E-state index is -0.302. The number of hydrogen-bond donors (Lipinski definition) is 4. The molecule has 0 aromatic heterocycles. The zero-order valence-electron chi connectivity index (χ0n) is 14.8. The monoisotopic (exact) mass is 366 g/mol. The molecule has 0 bridgehead atoms. The molecule has 0 spiro atoms. The maximum Gasteiger partial charge on any atom is 0.319 e. The van der Waals surface area contributed by atoms with Crippen LogP contribution in [-0.4, -0.2) is 25.2 Å². The fourth-order valence-corrected chi connectivity index (χ4v) is 2.03. The first kappa shape index (κ1) is 19.6. The number of ether oxygens (including phenoxy) is 1. The van der Waals surface area contributed by atoms with E-state index in [1.807, 2.05) is 0 Å². The van der Waals surface area contributed by atoms with Gasteiger partial charge in [0.05, 0.1) is 0 Å². The van der Waals surface area contributed by atoms with Crippen LogP contribution >= 0.6 is 0 Å². The highest BCUT2D eigenvalue weighted by Crippen LogP contribution is 2.24. The van der Waals surface area contributed by atoms with Gasteiger partial charge in [-0.3, -0.25) is 0 Å². The highest BCUT2D eigenvalue weighted by atomic mass is 16.5. The Morgan fingerprint density at radius 3 is 1.44 bits per heavy atom. The summed E-state index contributed by atoms with van der Waals surface area (Å²) in [6, 6.07) is 13.3. The fraction of sp³-hybridized carbons (Fsp3) is 0.100. The summed E-state index contributed by atoms with van der Waals surface area (Å²) in [6.07, 6.45) is 3.20. The van der Waals surface area contributed by atoms with E-state index in [2.05, 4.69) is 34.4 Å². The van der Waals surface area contributed by atoms with Gasteiger partial charge in [0.2, 0.25) is 0 Å². The van der Waals surface area contributed by atoms with Crippen molar-refractivity contribution in [3.8, 4) is 11.5 Å². The molecule has 7 heteroatoms. The SMILES string of the molecule is C=CCNC(=O)Nc1ccc(Oc2ccc(NC(=O)NCC=C)cc2)cc1. The Morgan fingerprint density at radius 2 is 1.11 bits per heavy atom. The first-order valence-electron chi connectivity index (χ1n) is 8.30. The molecule has 4 N–H and O–H groups in total. The van der Waals surface area contributed by atoms with Crippen molar-refractivity contribution in [2.45, 2.75) is 0 Å². The molecule has 0 heterocycles. The van der Waals surface area contributed by atoms with Crippen LogP contribution in [0.2, 0.25) is 0 Å². The van der Waals surface area contributed by atoms with Gasteiger partial charge < -0.3 is 26.0 Å². The first-order valence-corrected chi connectivity index (χ1v) is 8.30. The first-order chi connectivity index (χ1) is 13.1. The van der Waals surface area contributed by atoms with E-state index >= 15 is 0 Å². The third kappa shape index (κ3) is 6.95. The quantitative estimate of drug-likeness (QED) is 0.530. The number of nitrogens with one attached hydrogen (secondary N) is 4. The average Bonchev–Trinajstić information content (AvgIpc) is 2.68. The molecule has 0 aliphatic heterocycles. The smallest absolute Gasteiger partial charge is 0.319 e. The van der Waals surface area contributed by atoms with E-state index in [4.69, 9.17) is 4.74 Å². The van der Waals surface area contributed by atoms with Crippen molar-refractivity contribution >= 4 is 23.4 Å². The second kappa shape index (κ2) is 10.3. The lowest BCUT2D eigenvalue weighted by atomic mass is 10.3. The maximum atomic E-state index is 11.6. The summed E-state index contributed by atoms with van der Waals surface area (Å²) in [5, 5.41) is 10.7. The molecular formula is C20H22N4O3. The van der Waals surface area contributed by atoms with Crippen LogP contribution in [0.1, 0.15) is 0 Å². The number of urea groups is 2. The molecule has 0 radical (unpaired) electrons. The number of carbonyl (C=O) groups is 2. The number of amides is 4. The minimum Gasteiger partial charge on any atom is -0.457 e. The van der Waals surface area contributed by atoms with E-state index < -0.39 is 0 Å². The molecule has 0 saturated heterocycles. The molecular weight excluding hydrogens is 344 g/mol. The summed E-state index contributed by atoms with van der Waals surface area (Å²) in [5.74, 6) is 1.24. The van der Waals surface area contributed by atoms with Crippen LogP contribution < -0.4 is 26.0 Å². The van der Waals surface area contributed by atoms with Gasteiger partial charge in [-0.2, -0.15) is 0 Å². The van der Waals surface area contributed by atoms with Crippen LogP contribution in [0.25, 0.3) is 0 Å². The van der Waals surface area contributed by atoms with Gasteiger partial charge in [0.1, 0.15) is 11.5 Å². The molecule has 0 aliphatic carbocycles. The summed E-state index contributed by atoms with van der Waals surface area (Å²) >= 11 is 0. The van der Waals surface area contributed by atoms with Gasteiger partial charge in [0.15, 0.2) is 0 Å². The van der Waals surface area contributed by atoms with Crippen LogP contribution in [-0.2, 0) is 0 Å². The lowest BCUT2D eigenvalue weighted by Crippen LogP contribution is -2.28. The van der Waals surface area contributed by atoms with Crippen molar-refractivity contribution in [2.75, 3.05) is 23.7 Å². The van der Waals surface area contributed by atoms with Crippen molar-refractivity contribution < 1.29 is 14.3 Å². The highest BCUT2D eigenvalue weighted by molar-refractivity contribution is 5.89. The number of anilines is 2. The van der Waals surface area contributed by atoms with Crippen molar-refractivity contribution in [2.24, 2.45) is 0 Å². The van der Waals surface area contributed by atoms with Crippen molar-refractivity contribution in [1.82, 2.24) is 10.6 Å². The van der Waals surface area contributed by atoms with Gasteiger partial charge >= 0.3 is 12.1 Å². The van der Waals surface area contributed by atoms with Crippen molar-refractivity contribution in [3.63, 3.8) is 0 Å². The van der Waals surface area contributed by atoms with E-state index in [0.717, 1.165) is 0 Å². The van der Waals surface area contributed by atoms with Crippen LogP contribution in [0.15, 0.2) is 73.8 Å². The number of carbonyl (C=O) groups excluding carboxylic acids is 2. The van der Waals surface area contributed by atoms with Crippen LogP contribution in [0, 0.1) is 0 Å². The molecule has 0 saturated carbocycles. The third-order valence-corrected chi connectivity index (χ3v) is 3.27. The summed E-state index contributed by atoms with van der Waals surface area (Å²) in [7, 11) is 0. The Hall–Kier alpha value is -3.74. The average molecular weight is 366 g/mol. The third-order valence-electron chi connectivity index (χ3n) is 3.27. The van der Waals surface area contributed by atoms with E-state index in [1.54, 1.807) is 60.7 Å². The highest BCUT2D eigenvalue weighted by Gasteiger charge is 2.03. The zero-order valence-corrected chi connectivity index (χ0v) is 14.8. The van der Waals surface area contributed by atoms with Crippen molar-refractivity contribution in [1.29, 1.82) is 0 Å². The summed E-state index contributed by atoms with van der Waals surface area (Å²) in [6.45, 7) is 7.87. The predicted molar refractivity (Wildman–Crippen MR) is 107 cm³/mol. The zero-order chi connectivity index (χ0) is 19.5. The summed E-state index contributed by atoms with van der Waals surface area (Å²) in [5.41, 5.74) is 1.29. The van der Waals surface area contributed by atoms with Crippen LogP contribution in [0.3, 0.4) is 0 Å². The Balaban J connectivity index is 1.87. The predicted octanol–water partition coefficient (Wildman–Crippen LogP) is 4.09. The van der Waals surface area contributed by atoms with Gasteiger partial charge in [0, 0.05) is 24.5 Å². The molecule has 7 nitrogen and oxygen atoms in total. The molecule has 2 aromatic carbocycles. The van der Waals surface area contributed by atoms with Gasteiger partial charge in [0.25, 0.3) is 0 Å². The molecule has 0 fully saturated rings. The Kier molecular flexibility index (Phi) is 7.47. The van der Waals surface area contributed by atoms with Crippen LogP contribution in [0.5, 0.6) is 11.5 Å². The molecule has 0 unspecified atom stereocenters. The number of hydrogen-bond acceptors (Lipinski definition) is 3. The van der Waals surface area contributed by atoms with Gasteiger partial charge in [-0.25, -0.2) is 9.59 Å². The Morgan fingerprint density at radius 1 is 0.741 bits per heavy atom. The molecule has 0 atom stereocenters. The van der Waals surface area contributed by atoms with E-state index in [1.165, 1.54) is 0 Å². The van der Waals surface area contributed by atoms with Gasteiger partial charge in [-0.1, -0.05) is 12.2 Å². The Labute approximate surface area is 158 Å². The lowest BCUT2D eigenvalue weighted by Gasteiger charge is -2.10. The largest absolute Gasteiger partial charge is 0.457 e. The van der Waals surface area contributed by atoms with E-state index in [0.29, 0.717) is 36.0 Å². The van der Waals surface area contributed by atoms with Crippen LogP contribution in [0.4, 0.5) is 21.0 Å². The molecule has 27 heavy (non-hydrogen) atoms. The normalized spacial score (nSPS) is 9.63. The minimum absolute atomic E-state index is 0.302. The van der Waals surface area contributed by atoms with Gasteiger partial charge in [-0.05, 0) is 48.5 Å². The van der Waals surface area contributed by atoms with E-state index in [-0.39, 0.29) is 12.1 Å². The second-order valence-electron chi connectivity index (χ2n) is 5.40. The molecule has 2 aromatic rings. The summed E-state index contributed by atoms with van der Waals surface area (Å²) < 4.78 is 5.74. The van der Waals surface area contributed by atoms with E-state index in [9.17, 15) is 9.59 Å². The number of benzene rings is 2.